The number of carboxylic acid groups (broad SMARTS) is 1. The third-order valence-electron chi connectivity index (χ3n) is 2.51. The summed E-state index contributed by atoms with van der Waals surface area (Å²) in [6.45, 7) is 0. The number of alkyl halides is 3. The van der Waals surface area contributed by atoms with Crippen molar-refractivity contribution in [1.82, 2.24) is 0 Å². The molecule has 0 unspecified atom stereocenters. The maximum atomic E-state index is 12.7. The van der Waals surface area contributed by atoms with Gasteiger partial charge < -0.3 is 10.4 Å². The van der Waals surface area contributed by atoms with Crippen LogP contribution in [0.15, 0.2) is 23.8 Å². The summed E-state index contributed by atoms with van der Waals surface area (Å²) in [5, 5.41) is 11.3. The molecule has 0 aromatic heterocycles. The number of rotatable bonds is 1. The van der Waals surface area contributed by atoms with Crippen LogP contribution in [0.4, 0.5) is 18.9 Å². The van der Waals surface area contributed by atoms with Gasteiger partial charge in [-0.3, -0.25) is 0 Å². The summed E-state index contributed by atoms with van der Waals surface area (Å²) in [4.78, 5) is 10.9. The first kappa shape index (κ1) is 12.8. The van der Waals surface area contributed by atoms with Gasteiger partial charge in [0.15, 0.2) is 6.04 Å². The van der Waals surface area contributed by atoms with Crippen LogP contribution in [0.2, 0.25) is 5.02 Å². The smallest absolute Gasteiger partial charge is 0.413 e. The van der Waals surface area contributed by atoms with Crippen LogP contribution in [0.3, 0.4) is 0 Å². The molecule has 2 N–H and O–H groups in total. The predicted octanol–water partition coefficient (Wildman–Crippen LogP) is 3.16. The number of fused-ring (bicyclic) bond motifs is 1. The van der Waals surface area contributed by atoms with Crippen molar-refractivity contribution in [2.24, 2.45) is 0 Å². The lowest BCUT2D eigenvalue weighted by Gasteiger charge is -2.28. The maximum Gasteiger partial charge on any atom is 0.413 e. The molecule has 3 nitrogen and oxygen atoms in total. The second kappa shape index (κ2) is 4.20. The van der Waals surface area contributed by atoms with E-state index in [0.717, 1.165) is 6.08 Å². The molecule has 0 bridgehead atoms. The van der Waals surface area contributed by atoms with E-state index >= 15 is 0 Å². The summed E-state index contributed by atoms with van der Waals surface area (Å²) in [7, 11) is 0. The molecule has 1 aromatic rings. The Hall–Kier alpha value is -1.69. The van der Waals surface area contributed by atoms with Crippen molar-refractivity contribution in [3.05, 3.63) is 34.4 Å². The van der Waals surface area contributed by atoms with Crippen LogP contribution in [0.25, 0.3) is 6.08 Å². The minimum atomic E-state index is -4.68. The van der Waals surface area contributed by atoms with Crippen molar-refractivity contribution in [3.63, 3.8) is 0 Å². The molecule has 0 amide bonds. The average Bonchev–Trinajstić information content (AvgIpc) is 2.25. The molecule has 1 atom stereocenters. The van der Waals surface area contributed by atoms with Crippen LogP contribution in [0.5, 0.6) is 0 Å². The summed E-state index contributed by atoms with van der Waals surface area (Å²) in [5.74, 6) is -1.62. The molecule has 0 fully saturated rings. The second-order valence-electron chi connectivity index (χ2n) is 3.76. The quantitative estimate of drug-likeness (QED) is 0.829. The second-order valence-corrected chi connectivity index (χ2v) is 4.19. The van der Waals surface area contributed by atoms with Crippen LogP contribution in [0, 0.1) is 0 Å². The Morgan fingerprint density at radius 3 is 2.61 bits per heavy atom. The Morgan fingerprint density at radius 2 is 2.06 bits per heavy atom. The number of anilines is 1. The van der Waals surface area contributed by atoms with E-state index in [1.807, 2.05) is 0 Å². The van der Waals surface area contributed by atoms with E-state index in [-0.39, 0.29) is 5.69 Å². The Bertz CT molecular complexity index is 540. The topological polar surface area (TPSA) is 49.3 Å². The highest BCUT2D eigenvalue weighted by molar-refractivity contribution is 6.30. The van der Waals surface area contributed by atoms with Gasteiger partial charge in [0.1, 0.15) is 0 Å². The van der Waals surface area contributed by atoms with Gasteiger partial charge in [-0.15, -0.1) is 0 Å². The predicted molar refractivity (Wildman–Crippen MR) is 60.5 cm³/mol. The van der Waals surface area contributed by atoms with E-state index in [1.165, 1.54) is 18.2 Å². The number of aliphatic carboxylic acids is 1. The minimum Gasteiger partial charge on any atom is -0.478 e. The molecule has 0 spiro atoms. The van der Waals surface area contributed by atoms with E-state index in [0.29, 0.717) is 10.6 Å². The number of benzene rings is 1. The van der Waals surface area contributed by atoms with Gasteiger partial charge in [-0.2, -0.15) is 13.2 Å². The standard InChI is InChI=1S/C11H7ClF3NO2/c12-6-1-2-8-5(3-6)4-7(10(17)18)9(16-8)11(13,14)15/h1-4,9,16H,(H,17,18)/t9-/m0/s1. The van der Waals surface area contributed by atoms with Crippen LogP contribution in [-0.4, -0.2) is 23.3 Å². The molecule has 0 saturated carbocycles. The SMILES string of the molecule is O=C(O)C1=Cc2cc(Cl)ccc2N[C@@H]1C(F)(F)F. The summed E-state index contributed by atoms with van der Waals surface area (Å²) in [6, 6.07) is 1.99. The van der Waals surface area contributed by atoms with Gasteiger partial charge in [-0.25, -0.2) is 4.79 Å². The highest BCUT2D eigenvalue weighted by Crippen LogP contribution is 2.36. The van der Waals surface area contributed by atoms with Gasteiger partial charge in [-0.1, -0.05) is 11.6 Å². The number of nitrogens with one attached hydrogen (secondary N) is 1. The van der Waals surface area contributed by atoms with E-state index in [9.17, 15) is 18.0 Å². The minimum absolute atomic E-state index is 0.201. The van der Waals surface area contributed by atoms with Crippen molar-refractivity contribution in [2.45, 2.75) is 12.2 Å². The first-order chi connectivity index (χ1) is 8.29. The molecule has 0 radical (unpaired) electrons. The van der Waals surface area contributed by atoms with Gasteiger partial charge in [0, 0.05) is 10.7 Å². The van der Waals surface area contributed by atoms with Crippen LogP contribution >= 0.6 is 11.6 Å². The Kier molecular flexibility index (Phi) is 2.98. The van der Waals surface area contributed by atoms with Crippen molar-refractivity contribution in [2.75, 3.05) is 5.32 Å². The lowest BCUT2D eigenvalue weighted by atomic mass is 9.97. The van der Waals surface area contributed by atoms with E-state index in [2.05, 4.69) is 5.32 Å². The van der Waals surface area contributed by atoms with Crippen LogP contribution in [0.1, 0.15) is 5.56 Å². The van der Waals surface area contributed by atoms with Gasteiger partial charge in [-0.05, 0) is 29.8 Å². The Morgan fingerprint density at radius 1 is 1.39 bits per heavy atom. The molecule has 1 aliphatic heterocycles. The fraction of sp³-hybridized carbons (Fsp3) is 0.182. The fourth-order valence-electron chi connectivity index (χ4n) is 1.71. The Labute approximate surface area is 105 Å². The van der Waals surface area contributed by atoms with Crippen molar-refractivity contribution in [3.8, 4) is 0 Å². The zero-order valence-electron chi connectivity index (χ0n) is 8.75. The summed E-state index contributed by atoms with van der Waals surface area (Å²) < 4.78 is 38.2. The lowest BCUT2D eigenvalue weighted by molar-refractivity contribution is -0.146. The van der Waals surface area contributed by atoms with Gasteiger partial charge in [0.2, 0.25) is 0 Å². The van der Waals surface area contributed by atoms with Gasteiger partial charge >= 0.3 is 12.1 Å². The Balaban J connectivity index is 2.53. The molecule has 0 saturated heterocycles. The third kappa shape index (κ3) is 2.28. The summed E-state index contributed by atoms with van der Waals surface area (Å²) in [6.07, 6.45) is -3.69. The molecule has 18 heavy (non-hydrogen) atoms. The van der Waals surface area contributed by atoms with Crippen LogP contribution < -0.4 is 5.32 Å². The normalized spacial score (nSPS) is 18.7. The monoisotopic (exact) mass is 277 g/mol. The first-order valence-corrected chi connectivity index (χ1v) is 5.24. The summed E-state index contributed by atoms with van der Waals surface area (Å²) >= 11 is 5.70. The molecular weight excluding hydrogens is 271 g/mol. The molecule has 0 aliphatic carbocycles. The maximum absolute atomic E-state index is 12.7. The largest absolute Gasteiger partial charge is 0.478 e. The molecule has 2 rings (SSSR count). The number of halogens is 4. The van der Waals surface area contributed by atoms with Gasteiger partial charge in [0.05, 0.1) is 5.57 Å². The molecule has 96 valence electrons. The molecule has 1 aromatic carbocycles. The van der Waals surface area contributed by atoms with Crippen molar-refractivity contribution in [1.29, 1.82) is 0 Å². The van der Waals surface area contributed by atoms with Crippen LogP contribution in [-0.2, 0) is 4.79 Å². The lowest BCUT2D eigenvalue weighted by Crippen LogP contribution is -2.41. The zero-order valence-corrected chi connectivity index (χ0v) is 9.51. The number of hydrogen-bond acceptors (Lipinski definition) is 2. The van der Waals surface area contributed by atoms with Gasteiger partial charge in [0.25, 0.3) is 0 Å². The number of carboxylic acids is 1. The fourth-order valence-corrected chi connectivity index (χ4v) is 1.89. The molecular formula is C11H7ClF3NO2. The van der Waals surface area contributed by atoms with E-state index in [1.54, 1.807) is 0 Å². The third-order valence-corrected chi connectivity index (χ3v) is 2.74. The first-order valence-electron chi connectivity index (χ1n) is 4.87. The zero-order chi connectivity index (χ0) is 13.5. The molecule has 7 heteroatoms. The van der Waals surface area contributed by atoms with E-state index in [4.69, 9.17) is 16.7 Å². The van der Waals surface area contributed by atoms with Crippen molar-refractivity contribution < 1.29 is 23.1 Å². The highest BCUT2D eigenvalue weighted by Gasteiger charge is 2.46. The van der Waals surface area contributed by atoms with E-state index < -0.39 is 23.8 Å². The number of carbonyl (C=O) groups is 1. The molecule has 1 heterocycles. The highest BCUT2D eigenvalue weighted by atomic mass is 35.5. The molecule has 1 aliphatic rings. The average molecular weight is 278 g/mol. The van der Waals surface area contributed by atoms with Crippen molar-refractivity contribution >= 4 is 29.3 Å². The summed E-state index contributed by atoms with van der Waals surface area (Å²) in [5.41, 5.74) is -0.232. The number of hydrogen-bond donors (Lipinski definition) is 2.